The summed E-state index contributed by atoms with van der Waals surface area (Å²) in [5, 5.41) is 7.21. The van der Waals surface area contributed by atoms with E-state index in [1.54, 1.807) is 32.2 Å². The van der Waals surface area contributed by atoms with E-state index in [9.17, 15) is 18.4 Å². The van der Waals surface area contributed by atoms with Crippen LogP contribution in [0.15, 0.2) is 53.9 Å². The molecule has 0 saturated carbocycles. The molecule has 0 spiro atoms. The molecule has 0 saturated heterocycles. The number of carbonyl (C=O) groups is 2. The number of ether oxygens (including phenoxy) is 1. The van der Waals surface area contributed by atoms with Crippen LogP contribution in [-0.2, 0) is 17.8 Å². The van der Waals surface area contributed by atoms with Crippen molar-refractivity contribution in [1.82, 2.24) is 10.6 Å². The monoisotopic (exact) mass is 458 g/mol. The number of nitrogens with one attached hydrogen (secondary N) is 2. The topological polar surface area (TPSA) is 67.4 Å². The van der Waals surface area contributed by atoms with Gasteiger partial charge in [-0.15, -0.1) is 11.3 Å². The molecule has 0 aliphatic heterocycles. The fourth-order valence-corrected chi connectivity index (χ4v) is 3.96. The molecule has 0 aliphatic carbocycles. The minimum atomic E-state index is -0.714. The van der Waals surface area contributed by atoms with Crippen LogP contribution >= 0.6 is 11.3 Å². The van der Waals surface area contributed by atoms with E-state index >= 15 is 0 Å². The third-order valence-electron chi connectivity index (χ3n) is 4.45. The van der Waals surface area contributed by atoms with Crippen molar-refractivity contribution in [2.75, 3.05) is 0 Å². The number of carbonyl (C=O) groups excluding carboxylic acids is 2. The average molecular weight is 459 g/mol. The molecule has 1 aromatic heterocycles. The Morgan fingerprint density at radius 2 is 1.69 bits per heavy atom. The molecule has 168 valence electrons. The zero-order chi connectivity index (χ0) is 23.3. The summed E-state index contributed by atoms with van der Waals surface area (Å²) >= 11 is 1.39. The average Bonchev–Trinajstić information content (AvgIpc) is 3.20. The Morgan fingerprint density at radius 1 is 0.969 bits per heavy atom. The van der Waals surface area contributed by atoms with Gasteiger partial charge in [0.2, 0.25) is 0 Å². The van der Waals surface area contributed by atoms with Crippen molar-refractivity contribution >= 4 is 23.3 Å². The van der Waals surface area contributed by atoms with Gasteiger partial charge in [0.05, 0.1) is 5.56 Å². The summed E-state index contributed by atoms with van der Waals surface area (Å²) in [5.41, 5.74) is 1.64. The Hall–Kier alpha value is -3.26. The van der Waals surface area contributed by atoms with Crippen LogP contribution in [0.25, 0.3) is 10.4 Å². The van der Waals surface area contributed by atoms with Crippen molar-refractivity contribution in [3.63, 3.8) is 0 Å². The Labute approximate surface area is 189 Å². The van der Waals surface area contributed by atoms with Gasteiger partial charge in [-0.25, -0.2) is 13.6 Å². The van der Waals surface area contributed by atoms with Crippen LogP contribution in [0.1, 0.15) is 42.3 Å². The van der Waals surface area contributed by atoms with E-state index < -0.39 is 23.3 Å². The fourth-order valence-electron chi connectivity index (χ4n) is 3.01. The lowest BCUT2D eigenvalue weighted by atomic mass is 10.0. The van der Waals surface area contributed by atoms with Gasteiger partial charge in [-0.05, 0) is 49.4 Å². The summed E-state index contributed by atoms with van der Waals surface area (Å²) < 4.78 is 32.2. The van der Waals surface area contributed by atoms with Gasteiger partial charge in [0, 0.05) is 29.6 Å². The number of alkyl carbamates (subject to hydrolysis) is 1. The Kier molecular flexibility index (Phi) is 7.25. The predicted molar refractivity (Wildman–Crippen MR) is 120 cm³/mol. The van der Waals surface area contributed by atoms with Gasteiger partial charge in [0.15, 0.2) is 0 Å². The summed E-state index contributed by atoms with van der Waals surface area (Å²) in [6.45, 7) is 5.52. The van der Waals surface area contributed by atoms with Crippen LogP contribution in [0.3, 0.4) is 0 Å². The second kappa shape index (κ2) is 9.91. The number of amides is 2. The molecule has 0 unspecified atom stereocenters. The maximum absolute atomic E-state index is 13.9. The predicted octanol–water partition coefficient (Wildman–Crippen LogP) is 5.65. The van der Waals surface area contributed by atoms with Crippen molar-refractivity contribution in [2.45, 2.75) is 39.5 Å². The largest absolute Gasteiger partial charge is 0.444 e. The molecule has 2 aromatic carbocycles. The summed E-state index contributed by atoms with van der Waals surface area (Å²) in [6.07, 6.45) is -0.530. The molecule has 0 radical (unpaired) electrons. The molecule has 3 rings (SSSR count). The number of hydrogen-bond acceptors (Lipinski definition) is 4. The van der Waals surface area contributed by atoms with E-state index in [1.807, 2.05) is 24.3 Å². The van der Waals surface area contributed by atoms with E-state index in [1.165, 1.54) is 17.4 Å². The number of thiophene rings is 1. The molecule has 0 atom stereocenters. The van der Waals surface area contributed by atoms with Gasteiger partial charge in [-0.3, -0.25) is 4.79 Å². The van der Waals surface area contributed by atoms with Gasteiger partial charge >= 0.3 is 6.09 Å². The van der Waals surface area contributed by atoms with Gasteiger partial charge < -0.3 is 15.4 Å². The quantitative estimate of drug-likeness (QED) is 0.502. The summed E-state index contributed by atoms with van der Waals surface area (Å²) in [4.78, 5) is 25.5. The van der Waals surface area contributed by atoms with E-state index in [0.717, 1.165) is 28.1 Å². The molecule has 2 amide bonds. The highest BCUT2D eigenvalue weighted by Crippen LogP contribution is 2.32. The number of hydrogen-bond donors (Lipinski definition) is 2. The first-order chi connectivity index (χ1) is 15.1. The lowest BCUT2D eigenvalue weighted by Gasteiger charge is -2.20. The van der Waals surface area contributed by atoms with E-state index in [0.29, 0.717) is 5.56 Å². The minimum absolute atomic E-state index is 0.0674. The van der Waals surface area contributed by atoms with Crippen LogP contribution in [0.5, 0.6) is 0 Å². The molecular weight excluding hydrogens is 434 g/mol. The van der Waals surface area contributed by atoms with Crippen molar-refractivity contribution in [3.05, 3.63) is 82.2 Å². The Bertz CT molecular complexity index is 1120. The first-order valence-corrected chi connectivity index (χ1v) is 10.9. The van der Waals surface area contributed by atoms with Gasteiger partial charge in [0.1, 0.15) is 17.2 Å². The van der Waals surface area contributed by atoms with E-state index in [2.05, 4.69) is 10.6 Å². The van der Waals surface area contributed by atoms with Crippen LogP contribution in [0.2, 0.25) is 0 Å². The Balaban J connectivity index is 1.74. The van der Waals surface area contributed by atoms with Crippen molar-refractivity contribution in [3.8, 4) is 10.4 Å². The van der Waals surface area contributed by atoms with Gasteiger partial charge in [-0.1, -0.05) is 30.3 Å². The lowest BCUT2D eigenvalue weighted by Crippen LogP contribution is -2.32. The van der Waals surface area contributed by atoms with Crippen molar-refractivity contribution < 1.29 is 23.1 Å². The molecular formula is C24H24F2N2O3S. The van der Waals surface area contributed by atoms with Crippen molar-refractivity contribution in [2.24, 2.45) is 0 Å². The molecule has 3 aromatic rings. The molecule has 1 heterocycles. The zero-order valence-corrected chi connectivity index (χ0v) is 18.8. The highest BCUT2D eigenvalue weighted by Gasteiger charge is 2.19. The van der Waals surface area contributed by atoms with Crippen LogP contribution in [-0.4, -0.2) is 17.6 Å². The third-order valence-corrected chi connectivity index (χ3v) is 5.40. The van der Waals surface area contributed by atoms with Crippen LogP contribution < -0.4 is 10.6 Å². The molecule has 5 nitrogen and oxygen atoms in total. The summed E-state index contributed by atoms with van der Waals surface area (Å²) in [5.74, 6) is -1.76. The Morgan fingerprint density at radius 3 is 2.41 bits per heavy atom. The molecule has 0 bridgehead atoms. The number of benzene rings is 2. The highest BCUT2D eigenvalue weighted by atomic mass is 32.1. The molecule has 8 heteroatoms. The molecule has 0 aliphatic rings. The van der Waals surface area contributed by atoms with Crippen LogP contribution in [0.4, 0.5) is 13.6 Å². The first-order valence-electron chi connectivity index (χ1n) is 9.99. The first kappa shape index (κ1) is 23.4. The second-order valence-corrected chi connectivity index (χ2v) is 9.01. The standard InChI is InChI=1S/C24H24F2N2O3S/c1-24(2,3)31-23(30)28-13-15-6-4-5-7-18(15)21-19(10-11-32-21)22(29)27-14-16-8-9-17(25)12-20(16)26/h4-12H,13-14H2,1-3H3,(H,27,29)(H,28,30). The van der Waals surface area contributed by atoms with Crippen LogP contribution in [0, 0.1) is 11.6 Å². The van der Waals surface area contributed by atoms with E-state index in [-0.39, 0.29) is 24.6 Å². The molecule has 0 fully saturated rings. The maximum atomic E-state index is 13.9. The normalized spacial score (nSPS) is 11.2. The van der Waals surface area contributed by atoms with E-state index in [4.69, 9.17) is 4.74 Å². The zero-order valence-electron chi connectivity index (χ0n) is 18.0. The second-order valence-electron chi connectivity index (χ2n) is 8.09. The summed E-state index contributed by atoms with van der Waals surface area (Å²) in [6, 6.07) is 12.4. The molecule has 2 N–H and O–H groups in total. The third kappa shape index (κ3) is 6.13. The lowest BCUT2D eigenvalue weighted by molar-refractivity contribution is 0.0523. The molecule has 32 heavy (non-hydrogen) atoms. The summed E-state index contributed by atoms with van der Waals surface area (Å²) in [7, 11) is 0. The highest BCUT2D eigenvalue weighted by molar-refractivity contribution is 7.14. The van der Waals surface area contributed by atoms with Gasteiger partial charge in [-0.2, -0.15) is 0 Å². The van der Waals surface area contributed by atoms with Gasteiger partial charge in [0.25, 0.3) is 5.91 Å². The number of rotatable bonds is 6. The SMILES string of the molecule is CC(C)(C)OC(=O)NCc1ccccc1-c1sccc1C(=O)NCc1ccc(F)cc1F. The maximum Gasteiger partial charge on any atom is 0.407 e. The number of halogens is 2. The smallest absolute Gasteiger partial charge is 0.407 e. The minimum Gasteiger partial charge on any atom is -0.444 e. The fraction of sp³-hybridized carbons (Fsp3) is 0.250. The van der Waals surface area contributed by atoms with Crippen molar-refractivity contribution in [1.29, 1.82) is 0 Å².